The van der Waals surface area contributed by atoms with Crippen molar-refractivity contribution in [3.8, 4) is 0 Å². The number of amides is 2. The van der Waals surface area contributed by atoms with E-state index in [1.54, 1.807) is 39.5 Å². The second kappa shape index (κ2) is 7.96. The van der Waals surface area contributed by atoms with E-state index in [0.29, 0.717) is 23.3 Å². The third-order valence-electron chi connectivity index (χ3n) is 2.65. The summed E-state index contributed by atoms with van der Waals surface area (Å²) >= 11 is 3.22. The number of pyridine rings is 1. The summed E-state index contributed by atoms with van der Waals surface area (Å²) < 4.78 is 5.56. The van der Waals surface area contributed by atoms with Crippen LogP contribution in [-0.4, -0.2) is 67.5 Å². The van der Waals surface area contributed by atoms with Crippen LogP contribution in [0.3, 0.4) is 0 Å². The van der Waals surface area contributed by atoms with Crippen LogP contribution in [0.15, 0.2) is 22.9 Å². The van der Waals surface area contributed by atoms with E-state index >= 15 is 0 Å². The molecule has 0 bridgehead atoms. The van der Waals surface area contributed by atoms with Crippen molar-refractivity contribution in [1.29, 1.82) is 0 Å². The van der Waals surface area contributed by atoms with Crippen LogP contribution in [0.25, 0.3) is 0 Å². The lowest BCUT2D eigenvalue weighted by molar-refractivity contribution is -0.129. The first-order chi connectivity index (χ1) is 9.45. The molecule has 0 aromatic carbocycles. The van der Waals surface area contributed by atoms with Crippen LogP contribution in [0.5, 0.6) is 0 Å². The molecular formula is C13H18BrN3O3. The molecule has 0 aliphatic carbocycles. The highest BCUT2D eigenvalue weighted by Gasteiger charge is 2.19. The summed E-state index contributed by atoms with van der Waals surface area (Å²) in [7, 11) is 4.87. The number of carbonyl (C=O) groups is 2. The van der Waals surface area contributed by atoms with Crippen molar-refractivity contribution in [3.63, 3.8) is 0 Å². The Hall–Kier alpha value is -1.47. The molecule has 0 N–H and O–H groups in total. The van der Waals surface area contributed by atoms with Gasteiger partial charge in [-0.25, -0.2) is 4.98 Å². The molecule has 0 saturated carbocycles. The molecule has 1 aromatic heterocycles. The fourth-order valence-corrected chi connectivity index (χ4v) is 1.84. The zero-order valence-electron chi connectivity index (χ0n) is 11.8. The van der Waals surface area contributed by atoms with Crippen LogP contribution in [-0.2, 0) is 9.53 Å². The van der Waals surface area contributed by atoms with Crippen molar-refractivity contribution in [2.24, 2.45) is 0 Å². The van der Waals surface area contributed by atoms with Crippen molar-refractivity contribution in [2.75, 3.05) is 40.9 Å². The molecule has 2 amide bonds. The van der Waals surface area contributed by atoms with E-state index < -0.39 is 0 Å². The first-order valence-corrected chi connectivity index (χ1v) is 6.85. The number of carbonyl (C=O) groups excluding carboxylic acids is 2. The van der Waals surface area contributed by atoms with Crippen molar-refractivity contribution < 1.29 is 14.3 Å². The summed E-state index contributed by atoms with van der Waals surface area (Å²) in [4.78, 5) is 31.1. The average Bonchev–Trinajstić information content (AvgIpc) is 2.42. The summed E-state index contributed by atoms with van der Waals surface area (Å²) in [6.45, 7) is 0.753. The smallest absolute Gasteiger partial charge is 0.254 e. The van der Waals surface area contributed by atoms with E-state index in [4.69, 9.17) is 4.74 Å². The van der Waals surface area contributed by atoms with Crippen LogP contribution in [0.1, 0.15) is 10.4 Å². The van der Waals surface area contributed by atoms with E-state index in [-0.39, 0.29) is 18.4 Å². The predicted molar refractivity (Wildman–Crippen MR) is 78.4 cm³/mol. The zero-order chi connectivity index (χ0) is 15.1. The first-order valence-electron chi connectivity index (χ1n) is 6.05. The van der Waals surface area contributed by atoms with Crippen LogP contribution in [0.2, 0.25) is 0 Å². The molecule has 1 rings (SSSR count). The van der Waals surface area contributed by atoms with Crippen molar-refractivity contribution in [2.45, 2.75) is 0 Å². The lowest BCUT2D eigenvalue weighted by Crippen LogP contribution is -2.41. The van der Waals surface area contributed by atoms with Gasteiger partial charge in [-0.05, 0) is 28.1 Å². The second-order valence-corrected chi connectivity index (χ2v) is 5.19. The van der Waals surface area contributed by atoms with E-state index in [1.807, 2.05) is 0 Å². The fourth-order valence-electron chi connectivity index (χ4n) is 1.48. The SMILES string of the molecule is COCCN(CC(=O)N(C)C)C(=O)c1ccnc(Br)c1. The van der Waals surface area contributed by atoms with Gasteiger partial charge in [0.2, 0.25) is 5.91 Å². The molecule has 1 heterocycles. The Labute approximate surface area is 126 Å². The molecule has 6 nitrogen and oxygen atoms in total. The minimum Gasteiger partial charge on any atom is -0.383 e. The number of ether oxygens (including phenoxy) is 1. The normalized spacial score (nSPS) is 10.2. The van der Waals surface area contributed by atoms with Gasteiger partial charge in [-0.2, -0.15) is 0 Å². The number of methoxy groups -OCH3 is 1. The summed E-state index contributed by atoms with van der Waals surface area (Å²) in [6, 6.07) is 3.25. The molecule has 110 valence electrons. The fraction of sp³-hybridized carbons (Fsp3) is 0.462. The van der Waals surface area contributed by atoms with Gasteiger partial charge in [-0.1, -0.05) is 0 Å². The average molecular weight is 344 g/mol. The lowest BCUT2D eigenvalue weighted by atomic mass is 10.2. The van der Waals surface area contributed by atoms with Gasteiger partial charge in [-0.15, -0.1) is 0 Å². The van der Waals surface area contributed by atoms with E-state index in [1.165, 1.54) is 9.80 Å². The quantitative estimate of drug-likeness (QED) is 0.723. The Morgan fingerprint density at radius 1 is 1.40 bits per heavy atom. The largest absolute Gasteiger partial charge is 0.383 e. The van der Waals surface area contributed by atoms with Crippen LogP contribution < -0.4 is 0 Å². The molecule has 7 heteroatoms. The molecule has 0 aliphatic heterocycles. The number of aromatic nitrogens is 1. The van der Waals surface area contributed by atoms with Gasteiger partial charge in [0.05, 0.1) is 6.61 Å². The van der Waals surface area contributed by atoms with Crippen molar-refractivity contribution in [1.82, 2.24) is 14.8 Å². The Bertz CT molecular complexity index is 480. The summed E-state index contributed by atoms with van der Waals surface area (Å²) in [5, 5.41) is 0. The highest BCUT2D eigenvalue weighted by molar-refractivity contribution is 9.10. The second-order valence-electron chi connectivity index (χ2n) is 4.37. The van der Waals surface area contributed by atoms with E-state index in [2.05, 4.69) is 20.9 Å². The van der Waals surface area contributed by atoms with Crippen LogP contribution in [0.4, 0.5) is 0 Å². The standard InChI is InChI=1S/C13H18BrN3O3/c1-16(2)12(18)9-17(6-7-20-3)13(19)10-4-5-15-11(14)8-10/h4-5,8H,6-7,9H2,1-3H3. The maximum absolute atomic E-state index is 12.4. The highest BCUT2D eigenvalue weighted by Crippen LogP contribution is 2.11. The van der Waals surface area contributed by atoms with Crippen molar-refractivity contribution >= 4 is 27.7 Å². The van der Waals surface area contributed by atoms with Crippen LogP contribution in [0, 0.1) is 0 Å². The highest BCUT2D eigenvalue weighted by atomic mass is 79.9. The van der Waals surface area contributed by atoms with Gasteiger partial charge in [0.15, 0.2) is 0 Å². The van der Waals surface area contributed by atoms with Gasteiger partial charge in [0.25, 0.3) is 5.91 Å². The molecule has 0 radical (unpaired) electrons. The van der Waals surface area contributed by atoms with Gasteiger partial charge in [0, 0.05) is 39.5 Å². The number of halogens is 1. The summed E-state index contributed by atoms with van der Waals surface area (Å²) in [5.41, 5.74) is 0.481. The molecular weight excluding hydrogens is 326 g/mol. The Morgan fingerprint density at radius 2 is 2.10 bits per heavy atom. The third kappa shape index (κ3) is 4.90. The summed E-state index contributed by atoms with van der Waals surface area (Å²) in [6.07, 6.45) is 1.54. The summed E-state index contributed by atoms with van der Waals surface area (Å²) in [5.74, 6) is -0.358. The minimum atomic E-state index is -0.222. The monoisotopic (exact) mass is 343 g/mol. The molecule has 0 aliphatic rings. The molecule has 0 fully saturated rings. The maximum Gasteiger partial charge on any atom is 0.254 e. The topological polar surface area (TPSA) is 62.7 Å². The minimum absolute atomic E-state index is 0.0230. The van der Waals surface area contributed by atoms with Gasteiger partial charge in [-0.3, -0.25) is 9.59 Å². The maximum atomic E-state index is 12.4. The molecule has 1 aromatic rings. The van der Waals surface area contributed by atoms with Gasteiger partial charge >= 0.3 is 0 Å². The lowest BCUT2D eigenvalue weighted by Gasteiger charge is -2.23. The number of rotatable bonds is 6. The Kier molecular flexibility index (Phi) is 6.60. The zero-order valence-corrected chi connectivity index (χ0v) is 13.4. The number of likely N-dealkylation sites (N-methyl/N-ethyl adjacent to an activating group) is 1. The molecule has 0 saturated heterocycles. The number of hydrogen-bond donors (Lipinski definition) is 0. The molecule has 20 heavy (non-hydrogen) atoms. The van der Waals surface area contributed by atoms with Gasteiger partial charge < -0.3 is 14.5 Å². The predicted octanol–water partition coefficient (Wildman–Crippen LogP) is 1.02. The van der Waals surface area contributed by atoms with E-state index in [9.17, 15) is 9.59 Å². The molecule has 0 spiro atoms. The Morgan fingerprint density at radius 3 is 2.65 bits per heavy atom. The van der Waals surface area contributed by atoms with E-state index in [0.717, 1.165) is 0 Å². The third-order valence-corrected chi connectivity index (χ3v) is 3.08. The number of nitrogens with zero attached hydrogens (tertiary/aromatic N) is 3. The van der Waals surface area contributed by atoms with Gasteiger partial charge in [0.1, 0.15) is 11.1 Å². The van der Waals surface area contributed by atoms with Crippen molar-refractivity contribution in [3.05, 3.63) is 28.5 Å². The number of hydrogen-bond acceptors (Lipinski definition) is 4. The first kappa shape index (κ1) is 16.6. The molecule has 0 unspecified atom stereocenters. The Balaban J connectivity index is 2.86. The van der Waals surface area contributed by atoms with Crippen LogP contribution >= 0.6 is 15.9 Å². The molecule has 0 atom stereocenters.